The van der Waals surface area contributed by atoms with Gasteiger partial charge in [-0.15, -0.1) is 0 Å². The summed E-state index contributed by atoms with van der Waals surface area (Å²) in [5, 5.41) is 11.1. The quantitative estimate of drug-likeness (QED) is 0.782. The maximum atomic E-state index is 11.1. The fourth-order valence-electron chi connectivity index (χ4n) is 3.33. The molecule has 1 rings (SSSR count). The highest BCUT2D eigenvalue weighted by Gasteiger charge is 2.51. The molecule has 0 aromatic rings. The van der Waals surface area contributed by atoms with E-state index in [4.69, 9.17) is 0 Å². The maximum Gasteiger partial charge on any atom is 0.0983 e. The van der Waals surface area contributed by atoms with E-state index in [-0.39, 0.29) is 16.4 Å². The first-order valence-electron chi connectivity index (χ1n) is 7.11. The first-order chi connectivity index (χ1) is 8.34. The van der Waals surface area contributed by atoms with Gasteiger partial charge in [0, 0.05) is 0 Å². The molecule has 0 aromatic heterocycles. The Balaban J connectivity index is 3.50. The van der Waals surface area contributed by atoms with Gasteiger partial charge >= 0.3 is 0 Å². The molecule has 2 unspecified atom stereocenters. The van der Waals surface area contributed by atoms with Gasteiger partial charge in [-0.25, -0.2) is 0 Å². The molecule has 1 aliphatic carbocycles. The number of rotatable bonds is 1. The average molecular weight is 265 g/mol. The van der Waals surface area contributed by atoms with Crippen LogP contribution in [-0.2, 0) is 0 Å². The van der Waals surface area contributed by atoms with E-state index in [0.717, 1.165) is 5.57 Å². The van der Waals surface area contributed by atoms with Gasteiger partial charge in [-0.3, -0.25) is 4.90 Å². The zero-order chi connectivity index (χ0) is 15.2. The van der Waals surface area contributed by atoms with Gasteiger partial charge in [-0.1, -0.05) is 59.3 Å². The molecular weight excluding hydrogens is 234 g/mol. The highest BCUT2D eigenvalue weighted by Crippen LogP contribution is 2.47. The predicted molar refractivity (Wildman–Crippen MR) is 83.2 cm³/mol. The number of aliphatic hydroxyl groups excluding tert-OH is 1. The molecule has 0 aliphatic heterocycles. The standard InChI is InChI=1S/C17H31NO/c1-12-10-13(15(2,3)4)14(19)17(11-12,18(8)9)16(5,6)7/h10-11,14,19H,1-9H3. The molecule has 0 amide bonds. The smallest absolute Gasteiger partial charge is 0.0983 e. The summed E-state index contributed by atoms with van der Waals surface area (Å²) in [5.74, 6) is 0. The molecule has 0 radical (unpaired) electrons. The van der Waals surface area contributed by atoms with Gasteiger partial charge in [0.2, 0.25) is 0 Å². The summed E-state index contributed by atoms with van der Waals surface area (Å²) >= 11 is 0. The van der Waals surface area contributed by atoms with Crippen molar-refractivity contribution in [2.75, 3.05) is 14.1 Å². The van der Waals surface area contributed by atoms with Crippen molar-refractivity contribution in [2.24, 2.45) is 10.8 Å². The van der Waals surface area contributed by atoms with Gasteiger partial charge in [0.25, 0.3) is 0 Å². The second-order valence-electron chi connectivity index (χ2n) is 8.11. The molecule has 0 fully saturated rings. The van der Waals surface area contributed by atoms with Crippen LogP contribution in [0.2, 0.25) is 0 Å². The van der Waals surface area contributed by atoms with Crippen molar-refractivity contribution in [3.63, 3.8) is 0 Å². The lowest BCUT2D eigenvalue weighted by atomic mass is 9.61. The minimum absolute atomic E-state index is 0.0263. The molecule has 2 atom stereocenters. The summed E-state index contributed by atoms with van der Waals surface area (Å²) in [6.07, 6.45) is 3.90. The Morgan fingerprint density at radius 1 is 1.11 bits per heavy atom. The third-order valence-electron chi connectivity index (χ3n) is 4.35. The fourth-order valence-corrected chi connectivity index (χ4v) is 3.33. The number of nitrogens with zero attached hydrogens (tertiary/aromatic N) is 1. The summed E-state index contributed by atoms with van der Waals surface area (Å²) in [5.41, 5.74) is 1.91. The topological polar surface area (TPSA) is 23.5 Å². The van der Waals surface area contributed by atoms with Crippen molar-refractivity contribution < 1.29 is 5.11 Å². The minimum Gasteiger partial charge on any atom is -0.386 e. The summed E-state index contributed by atoms with van der Waals surface area (Å²) in [4.78, 5) is 2.17. The van der Waals surface area contributed by atoms with Crippen LogP contribution in [0.4, 0.5) is 0 Å². The van der Waals surface area contributed by atoms with E-state index in [2.05, 4.69) is 79.6 Å². The van der Waals surface area contributed by atoms with Gasteiger partial charge < -0.3 is 5.11 Å². The van der Waals surface area contributed by atoms with Crippen molar-refractivity contribution in [1.29, 1.82) is 0 Å². The van der Waals surface area contributed by atoms with Crippen molar-refractivity contribution in [3.05, 3.63) is 23.3 Å². The molecule has 0 saturated carbocycles. The van der Waals surface area contributed by atoms with Crippen LogP contribution in [0.5, 0.6) is 0 Å². The molecule has 2 nitrogen and oxygen atoms in total. The third-order valence-corrected chi connectivity index (χ3v) is 4.35. The van der Waals surface area contributed by atoms with Crippen LogP contribution in [-0.4, -0.2) is 35.7 Å². The van der Waals surface area contributed by atoms with Crippen molar-refractivity contribution in [2.45, 2.75) is 60.1 Å². The van der Waals surface area contributed by atoms with Crippen molar-refractivity contribution >= 4 is 0 Å². The van der Waals surface area contributed by atoms with Gasteiger partial charge in [-0.2, -0.15) is 0 Å². The molecule has 0 bridgehead atoms. The molecule has 0 spiro atoms. The Labute approximate surface area is 119 Å². The average Bonchev–Trinajstić information content (AvgIpc) is 2.16. The Bertz CT molecular complexity index is 404. The van der Waals surface area contributed by atoms with Crippen LogP contribution in [0.1, 0.15) is 48.5 Å². The van der Waals surface area contributed by atoms with Crippen LogP contribution in [0.3, 0.4) is 0 Å². The minimum atomic E-state index is -0.480. The normalized spacial score (nSPS) is 29.3. The van der Waals surface area contributed by atoms with Crippen LogP contribution in [0.25, 0.3) is 0 Å². The van der Waals surface area contributed by atoms with Gasteiger partial charge in [0.15, 0.2) is 0 Å². The summed E-state index contributed by atoms with van der Waals surface area (Å²) in [6, 6.07) is 0. The van der Waals surface area contributed by atoms with E-state index in [1.54, 1.807) is 0 Å². The maximum absolute atomic E-state index is 11.1. The Morgan fingerprint density at radius 3 is 1.89 bits per heavy atom. The zero-order valence-corrected chi connectivity index (χ0v) is 14.1. The molecule has 1 N–H and O–H groups in total. The number of likely N-dealkylation sites (N-methyl/N-ethyl adjacent to an activating group) is 1. The molecule has 0 heterocycles. The highest BCUT2D eigenvalue weighted by molar-refractivity contribution is 5.41. The van der Waals surface area contributed by atoms with Crippen LogP contribution >= 0.6 is 0 Å². The third kappa shape index (κ3) is 2.66. The van der Waals surface area contributed by atoms with E-state index in [1.807, 2.05) is 0 Å². The van der Waals surface area contributed by atoms with Gasteiger partial charge in [-0.05, 0) is 37.4 Å². The highest BCUT2D eigenvalue weighted by atomic mass is 16.3. The molecule has 0 aromatic carbocycles. The Kier molecular flexibility index (Phi) is 4.11. The monoisotopic (exact) mass is 265 g/mol. The van der Waals surface area contributed by atoms with E-state index < -0.39 is 6.10 Å². The zero-order valence-electron chi connectivity index (χ0n) is 14.1. The lowest BCUT2D eigenvalue weighted by Crippen LogP contribution is -2.62. The van der Waals surface area contributed by atoms with E-state index in [0.29, 0.717) is 0 Å². The van der Waals surface area contributed by atoms with Crippen molar-refractivity contribution in [1.82, 2.24) is 4.90 Å². The Hall–Kier alpha value is -0.600. The second kappa shape index (κ2) is 4.75. The second-order valence-corrected chi connectivity index (χ2v) is 8.11. The lowest BCUT2D eigenvalue weighted by molar-refractivity contribution is -0.0340. The molecule has 19 heavy (non-hydrogen) atoms. The Morgan fingerprint density at radius 2 is 1.58 bits per heavy atom. The first kappa shape index (κ1) is 16.5. The van der Waals surface area contributed by atoms with Gasteiger partial charge in [0.1, 0.15) is 0 Å². The van der Waals surface area contributed by atoms with E-state index in [1.165, 1.54) is 5.57 Å². The van der Waals surface area contributed by atoms with E-state index >= 15 is 0 Å². The van der Waals surface area contributed by atoms with Crippen LogP contribution in [0, 0.1) is 10.8 Å². The van der Waals surface area contributed by atoms with Crippen LogP contribution in [0.15, 0.2) is 23.3 Å². The number of allylic oxidation sites excluding steroid dienone is 2. The fraction of sp³-hybridized carbons (Fsp3) is 0.765. The predicted octanol–water partition coefficient (Wildman–Crippen LogP) is 3.63. The number of hydrogen-bond acceptors (Lipinski definition) is 2. The summed E-state index contributed by atoms with van der Waals surface area (Å²) in [7, 11) is 4.12. The molecule has 2 heteroatoms. The molecule has 110 valence electrons. The van der Waals surface area contributed by atoms with Crippen LogP contribution < -0.4 is 0 Å². The lowest BCUT2D eigenvalue weighted by Gasteiger charge is -2.54. The van der Waals surface area contributed by atoms with Crippen molar-refractivity contribution in [3.8, 4) is 0 Å². The number of aliphatic hydroxyl groups is 1. The molecule has 0 saturated heterocycles. The number of hydrogen-bond donors (Lipinski definition) is 1. The largest absolute Gasteiger partial charge is 0.386 e. The summed E-state index contributed by atoms with van der Waals surface area (Å²) in [6.45, 7) is 15.2. The van der Waals surface area contributed by atoms with Gasteiger partial charge in [0.05, 0.1) is 11.6 Å². The SMILES string of the molecule is CC1=CC(N(C)C)(C(C)(C)C)C(O)C(C(C)(C)C)=C1. The first-order valence-corrected chi connectivity index (χ1v) is 7.11. The van der Waals surface area contributed by atoms with E-state index in [9.17, 15) is 5.11 Å². The molecular formula is C17H31NO. The molecule has 1 aliphatic rings. The summed E-state index contributed by atoms with van der Waals surface area (Å²) < 4.78 is 0.